The highest BCUT2D eigenvalue weighted by Crippen LogP contribution is 2.45. The summed E-state index contributed by atoms with van der Waals surface area (Å²) in [7, 11) is 1.33. The molecule has 0 saturated carbocycles. The SMILES string of the molecule is CCOC(=O)c1c(NC(=O)CCCC(=O)OC)sc2c1CC[C@@H](C(C)(C)CC)C2. The predicted octanol–water partition coefficient (Wildman–Crippen LogP) is 4.75. The summed E-state index contributed by atoms with van der Waals surface area (Å²) < 4.78 is 9.87. The third kappa shape index (κ3) is 5.81. The van der Waals surface area contributed by atoms with Crippen molar-refractivity contribution in [2.45, 2.75) is 72.6 Å². The fourth-order valence-corrected chi connectivity index (χ4v) is 5.07. The van der Waals surface area contributed by atoms with Crippen LogP contribution in [0.5, 0.6) is 0 Å². The Morgan fingerprint density at radius 2 is 1.93 bits per heavy atom. The van der Waals surface area contributed by atoms with E-state index in [-0.39, 0.29) is 36.1 Å². The number of fused-ring (bicyclic) bond motifs is 1. The van der Waals surface area contributed by atoms with Gasteiger partial charge in [0.1, 0.15) is 5.00 Å². The largest absolute Gasteiger partial charge is 0.469 e. The number of anilines is 1. The van der Waals surface area contributed by atoms with E-state index in [0.29, 0.717) is 29.5 Å². The topological polar surface area (TPSA) is 81.7 Å². The normalized spacial score (nSPS) is 16.1. The van der Waals surface area contributed by atoms with Crippen LogP contribution in [0, 0.1) is 11.3 Å². The second-order valence-electron chi connectivity index (χ2n) is 8.19. The summed E-state index contributed by atoms with van der Waals surface area (Å²) in [6.07, 6.45) is 4.69. The molecular formula is C22H33NO5S. The molecule has 0 radical (unpaired) electrons. The van der Waals surface area contributed by atoms with Crippen molar-refractivity contribution in [3.8, 4) is 0 Å². The van der Waals surface area contributed by atoms with Gasteiger partial charge in [0.15, 0.2) is 0 Å². The molecule has 1 aliphatic rings. The van der Waals surface area contributed by atoms with Crippen LogP contribution in [0.4, 0.5) is 5.00 Å². The van der Waals surface area contributed by atoms with Crippen LogP contribution >= 0.6 is 11.3 Å². The first-order valence-corrected chi connectivity index (χ1v) is 11.2. The van der Waals surface area contributed by atoms with Crippen LogP contribution in [0.15, 0.2) is 0 Å². The van der Waals surface area contributed by atoms with Crippen molar-refractivity contribution in [1.82, 2.24) is 0 Å². The number of nitrogens with one attached hydrogen (secondary N) is 1. The van der Waals surface area contributed by atoms with Crippen LogP contribution in [0.2, 0.25) is 0 Å². The second-order valence-corrected chi connectivity index (χ2v) is 9.29. The maximum absolute atomic E-state index is 12.6. The number of hydrogen-bond donors (Lipinski definition) is 1. The molecule has 0 aromatic carbocycles. The zero-order valence-corrected chi connectivity index (χ0v) is 19.0. The lowest BCUT2D eigenvalue weighted by Crippen LogP contribution is -2.28. The monoisotopic (exact) mass is 423 g/mol. The molecule has 1 aromatic rings. The molecule has 0 unspecified atom stereocenters. The van der Waals surface area contributed by atoms with Gasteiger partial charge in [0.05, 0.1) is 19.3 Å². The van der Waals surface area contributed by atoms with Gasteiger partial charge in [-0.3, -0.25) is 9.59 Å². The van der Waals surface area contributed by atoms with Crippen molar-refractivity contribution >= 4 is 34.2 Å². The highest BCUT2D eigenvalue weighted by atomic mass is 32.1. The van der Waals surface area contributed by atoms with Crippen molar-refractivity contribution in [3.63, 3.8) is 0 Å². The number of rotatable bonds is 9. The van der Waals surface area contributed by atoms with Gasteiger partial charge in [-0.1, -0.05) is 27.2 Å². The lowest BCUT2D eigenvalue weighted by atomic mass is 9.69. The maximum atomic E-state index is 12.6. The fourth-order valence-electron chi connectivity index (χ4n) is 3.73. The van der Waals surface area contributed by atoms with Crippen molar-refractivity contribution in [2.75, 3.05) is 19.0 Å². The smallest absolute Gasteiger partial charge is 0.341 e. The molecule has 162 valence electrons. The van der Waals surface area contributed by atoms with Gasteiger partial charge in [0.2, 0.25) is 5.91 Å². The molecule has 1 atom stereocenters. The quantitative estimate of drug-likeness (QED) is 0.580. The van der Waals surface area contributed by atoms with Crippen LogP contribution in [0.25, 0.3) is 0 Å². The van der Waals surface area contributed by atoms with E-state index in [9.17, 15) is 14.4 Å². The Hall–Kier alpha value is -1.89. The Morgan fingerprint density at radius 3 is 2.55 bits per heavy atom. The molecule has 1 amide bonds. The summed E-state index contributed by atoms with van der Waals surface area (Å²) in [5, 5.41) is 3.47. The van der Waals surface area contributed by atoms with Crippen LogP contribution in [0.3, 0.4) is 0 Å². The number of hydrogen-bond acceptors (Lipinski definition) is 6. The molecule has 0 spiro atoms. The van der Waals surface area contributed by atoms with Crippen LogP contribution < -0.4 is 5.32 Å². The van der Waals surface area contributed by atoms with E-state index >= 15 is 0 Å². The number of carbonyl (C=O) groups is 3. The first kappa shape index (κ1) is 23.4. The van der Waals surface area contributed by atoms with Crippen molar-refractivity contribution < 1.29 is 23.9 Å². The van der Waals surface area contributed by atoms with Gasteiger partial charge in [-0.05, 0) is 49.5 Å². The molecule has 0 saturated heterocycles. The minimum Gasteiger partial charge on any atom is -0.469 e. The van der Waals surface area contributed by atoms with Crippen molar-refractivity contribution in [1.29, 1.82) is 0 Å². The first-order valence-electron chi connectivity index (χ1n) is 10.4. The fraction of sp³-hybridized carbons (Fsp3) is 0.682. The number of ether oxygens (including phenoxy) is 2. The summed E-state index contributed by atoms with van der Waals surface area (Å²) >= 11 is 1.49. The molecule has 1 aliphatic carbocycles. The highest BCUT2D eigenvalue weighted by Gasteiger charge is 2.35. The molecule has 1 heterocycles. The maximum Gasteiger partial charge on any atom is 0.341 e. The van der Waals surface area contributed by atoms with Crippen LogP contribution in [-0.4, -0.2) is 31.6 Å². The lowest BCUT2D eigenvalue weighted by molar-refractivity contribution is -0.140. The van der Waals surface area contributed by atoms with E-state index in [1.807, 2.05) is 0 Å². The molecule has 2 rings (SSSR count). The van der Waals surface area contributed by atoms with Gasteiger partial charge in [0.25, 0.3) is 0 Å². The van der Waals surface area contributed by atoms with Crippen molar-refractivity contribution in [2.24, 2.45) is 11.3 Å². The van der Waals surface area contributed by atoms with E-state index < -0.39 is 0 Å². The van der Waals surface area contributed by atoms with Crippen LogP contribution in [0.1, 0.15) is 80.6 Å². The number of amides is 1. The standard InChI is InChI=1S/C22H33NO5S/c1-6-22(3,4)14-11-12-15-16(13-14)29-20(19(15)21(26)28-7-2)23-17(24)9-8-10-18(25)27-5/h14H,6-13H2,1-5H3,(H,23,24)/t14-/m1/s1. The van der Waals surface area contributed by atoms with E-state index in [1.165, 1.54) is 23.3 Å². The summed E-state index contributed by atoms with van der Waals surface area (Å²) in [5.74, 6) is -0.356. The molecule has 1 aromatic heterocycles. The average Bonchev–Trinajstić information content (AvgIpc) is 3.04. The first-order chi connectivity index (χ1) is 13.7. The summed E-state index contributed by atoms with van der Waals surface area (Å²) in [5.41, 5.74) is 1.78. The molecule has 29 heavy (non-hydrogen) atoms. The Kier molecular flexibility index (Phi) is 8.25. The summed E-state index contributed by atoms with van der Waals surface area (Å²) in [6, 6.07) is 0. The minimum absolute atomic E-state index is 0.198. The Labute approximate surface area is 177 Å². The predicted molar refractivity (Wildman–Crippen MR) is 114 cm³/mol. The van der Waals surface area contributed by atoms with Gasteiger partial charge < -0.3 is 14.8 Å². The zero-order chi connectivity index (χ0) is 21.6. The number of methoxy groups -OCH3 is 1. The third-order valence-corrected chi connectivity index (χ3v) is 7.20. The Bertz CT molecular complexity index is 753. The second kappa shape index (κ2) is 10.2. The molecule has 6 nitrogen and oxygen atoms in total. The number of thiophene rings is 1. The molecule has 1 N–H and O–H groups in total. The number of esters is 2. The van der Waals surface area contributed by atoms with Gasteiger partial charge in [-0.25, -0.2) is 4.79 Å². The molecule has 7 heteroatoms. The molecule has 0 bridgehead atoms. The van der Waals surface area contributed by atoms with Gasteiger partial charge in [0, 0.05) is 17.7 Å². The van der Waals surface area contributed by atoms with Gasteiger partial charge >= 0.3 is 11.9 Å². The molecule has 0 fully saturated rings. The number of carbonyl (C=O) groups excluding carboxylic acids is 3. The van der Waals surface area contributed by atoms with E-state index in [4.69, 9.17) is 4.74 Å². The summed E-state index contributed by atoms with van der Waals surface area (Å²) in [4.78, 5) is 37.4. The van der Waals surface area contributed by atoms with E-state index in [2.05, 4.69) is 30.8 Å². The molecule has 0 aliphatic heterocycles. The summed E-state index contributed by atoms with van der Waals surface area (Å²) in [6.45, 7) is 8.88. The minimum atomic E-state index is -0.372. The van der Waals surface area contributed by atoms with Gasteiger partial charge in [-0.2, -0.15) is 0 Å². The highest BCUT2D eigenvalue weighted by molar-refractivity contribution is 7.17. The Balaban J connectivity index is 2.20. The lowest BCUT2D eigenvalue weighted by Gasteiger charge is -2.36. The third-order valence-electron chi connectivity index (χ3n) is 6.03. The zero-order valence-electron chi connectivity index (χ0n) is 18.2. The van der Waals surface area contributed by atoms with E-state index in [0.717, 1.165) is 31.2 Å². The van der Waals surface area contributed by atoms with Crippen molar-refractivity contribution in [3.05, 3.63) is 16.0 Å². The average molecular weight is 424 g/mol. The van der Waals surface area contributed by atoms with Crippen LogP contribution in [-0.2, 0) is 31.9 Å². The molecular weight excluding hydrogens is 390 g/mol. The van der Waals surface area contributed by atoms with E-state index in [1.54, 1.807) is 6.92 Å². The Morgan fingerprint density at radius 1 is 1.21 bits per heavy atom. The van der Waals surface area contributed by atoms with Gasteiger partial charge in [-0.15, -0.1) is 11.3 Å².